The molecule has 0 aliphatic heterocycles. The predicted octanol–water partition coefficient (Wildman–Crippen LogP) is 15.1. The average Bonchev–Trinajstić information content (AvgIpc) is 2.25. The van der Waals surface area contributed by atoms with Gasteiger partial charge in [-0.2, -0.15) is 0 Å². The third-order valence-corrected chi connectivity index (χ3v) is 9.26. The summed E-state index contributed by atoms with van der Waals surface area (Å²) in [5.74, 6) is 0. The highest BCUT2D eigenvalue weighted by Crippen LogP contribution is 2.48. The van der Waals surface area contributed by atoms with Crippen LogP contribution in [0.4, 0.5) is 0 Å². The van der Waals surface area contributed by atoms with Gasteiger partial charge in [0.25, 0.3) is 0 Å². The van der Waals surface area contributed by atoms with Crippen molar-refractivity contribution in [2.24, 2.45) is 0 Å². The van der Waals surface area contributed by atoms with Crippen LogP contribution in [-0.2, 0) is 0 Å². The van der Waals surface area contributed by atoms with Gasteiger partial charge in [0.15, 0.2) is 0 Å². The van der Waals surface area contributed by atoms with Gasteiger partial charge in [-0.25, -0.2) is 0 Å². The molecule has 0 N–H and O–H groups in total. The molecule has 0 bridgehead atoms. The Balaban J connectivity index is 1.33. The molecular weight excluding hydrogens is 657 g/mol. The van der Waals surface area contributed by atoms with Crippen molar-refractivity contribution in [3.63, 3.8) is 0 Å². The molecule has 0 spiro atoms. The van der Waals surface area contributed by atoms with Crippen LogP contribution in [0.2, 0.25) is 0 Å². The van der Waals surface area contributed by atoms with Crippen LogP contribution in [-0.4, -0.2) is 0 Å². The van der Waals surface area contributed by atoms with E-state index >= 15 is 0 Å². The molecule has 0 saturated carbocycles. The number of rotatable bonds is 3. The molecule has 0 fully saturated rings. The van der Waals surface area contributed by atoms with Gasteiger partial charge >= 0.3 is 0 Å². The summed E-state index contributed by atoms with van der Waals surface area (Å²) >= 11 is 0. The third kappa shape index (κ3) is 4.11. The number of para-hydroxylation sites is 2. The van der Waals surface area contributed by atoms with Crippen molar-refractivity contribution < 1.29 is 50.0 Å². The first-order valence-corrected chi connectivity index (χ1v) is 16.1. The van der Waals surface area contributed by atoms with Crippen LogP contribution in [0.3, 0.4) is 0 Å². The van der Waals surface area contributed by atoms with Gasteiger partial charge in [-0.1, -0.05) is 163 Å². The fraction of sp³-hybridized carbons (Fsp3) is 0. The Bertz CT molecular complexity index is 5140. The van der Waals surface area contributed by atoms with Crippen LogP contribution in [0.1, 0.15) is 41.1 Å². The molecule has 54 heavy (non-hydrogen) atoms. The first-order valence-electron chi connectivity index (χ1n) is 31.1. The maximum atomic E-state index is 10.1. The molecule has 250 valence electrons. The SMILES string of the molecule is [2H]c1c([2H])c(-c2c3c([2H])c([2H])c([2H])c([2H])c3c(-c3c([2H])c4oc5c([2H])c([2H])c6c([2H])c([2H])c([2H])c([2H])c6c5c4c4c([2H])c([2H])c([2H])c([2H])c34)c3c([2H])c([2H])c([2H])c([2H])c23)c([2H])c([2H])c1-c1c([2H])c([2H])c([2H])c2c1oc1c([2H])c([2H])c([2H])c([2H])c12. The Morgan fingerprint density at radius 1 is 0.315 bits per heavy atom. The molecule has 0 aliphatic rings. The smallest absolute Gasteiger partial charge is 0.143 e. The molecule has 2 nitrogen and oxygen atoms in total. The van der Waals surface area contributed by atoms with Gasteiger partial charge < -0.3 is 8.83 Å². The lowest BCUT2D eigenvalue weighted by Gasteiger charge is -2.19. The zero-order valence-electron chi connectivity index (χ0n) is 56.8. The Labute approximate surface area is 352 Å². The van der Waals surface area contributed by atoms with Crippen LogP contribution in [0.25, 0.3) is 120 Å². The van der Waals surface area contributed by atoms with E-state index in [0.29, 0.717) is 0 Å². The molecular formula is C52H30O2. The van der Waals surface area contributed by atoms with E-state index in [-0.39, 0.29) is 0 Å². The van der Waals surface area contributed by atoms with Gasteiger partial charge in [-0.05, 0) is 89.0 Å². The number of hydrogen-bond donors (Lipinski definition) is 0. The van der Waals surface area contributed by atoms with Crippen LogP contribution < -0.4 is 0 Å². The number of benzene rings is 10. The van der Waals surface area contributed by atoms with Crippen molar-refractivity contribution in [3.05, 3.63) is 181 Å². The Hall–Kier alpha value is -7.16. The van der Waals surface area contributed by atoms with Crippen LogP contribution in [0.15, 0.2) is 190 Å². The summed E-state index contributed by atoms with van der Waals surface area (Å²) in [6.07, 6.45) is 0. The molecule has 0 radical (unpaired) electrons. The summed E-state index contributed by atoms with van der Waals surface area (Å²) in [5.41, 5.74) is -7.20. The highest BCUT2D eigenvalue weighted by atomic mass is 16.3. The molecule has 0 saturated heterocycles. The topological polar surface area (TPSA) is 26.3 Å². The molecule has 12 rings (SSSR count). The van der Waals surface area contributed by atoms with Gasteiger partial charge in [-0.3, -0.25) is 0 Å². The molecule has 10 aromatic carbocycles. The molecule has 0 amide bonds. The fourth-order valence-corrected chi connectivity index (χ4v) is 7.04. The monoisotopic (exact) mass is 716 g/mol. The largest absolute Gasteiger partial charge is 0.456 e. The maximum absolute atomic E-state index is 10.1. The summed E-state index contributed by atoms with van der Waals surface area (Å²) in [7, 11) is 0. The standard InChI is InChI=1S/C52H30O2/c1-2-13-34-31(12-1)28-29-46-50(34)51-38-16-4-3-14-36(38)44(30-47(51)53-46)49-41-19-7-5-17-39(41)48(40-18-6-8-20-42(40)49)33-26-24-32(25-27-33)35-21-11-22-43-37-15-9-10-23-45(37)54-52(35)43/h1-30H/i1D,2D,3D,4D,5D,6D,7D,8D,9D,10D,11D,12D,13D,14D,15D,16D,17D,18D,19D,20D,21D,22D,23D,24D,25D,26D,27D,28D,29D,30D. The highest BCUT2D eigenvalue weighted by Gasteiger charge is 2.22. The highest BCUT2D eigenvalue weighted by molar-refractivity contribution is 6.31. The molecule has 2 heteroatoms. The van der Waals surface area contributed by atoms with E-state index in [1.807, 2.05) is 0 Å². The molecule has 2 heterocycles. The second kappa shape index (κ2) is 11.2. The summed E-state index contributed by atoms with van der Waals surface area (Å²) in [5, 5.41) is -7.12. The lowest BCUT2D eigenvalue weighted by molar-refractivity contribution is 0.669. The maximum Gasteiger partial charge on any atom is 0.143 e. The van der Waals surface area contributed by atoms with E-state index in [4.69, 9.17) is 34.9 Å². The minimum Gasteiger partial charge on any atom is -0.456 e. The zero-order valence-corrected chi connectivity index (χ0v) is 26.8. The van der Waals surface area contributed by atoms with Gasteiger partial charge in [0.2, 0.25) is 0 Å². The van der Waals surface area contributed by atoms with Gasteiger partial charge in [-0.15, -0.1) is 0 Å². The second-order valence-corrected chi connectivity index (χ2v) is 12.0. The number of hydrogen-bond acceptors (Lipinski definition) is 2. The van der Waals surface area contributed by atoms with E-state index in [0.717, 1.165) is 0 Å². The average molecular weight is 717 g/mol. The van der Waals surface area contributed by atoms with Crippen molar-refractivity contribution in [2.75, 3.05) is 0 Å². The van der Waals surface area contributed by atoms with Crippen molar-refractivity contribution in [3.8, 4) is 33.4 Å². The summed E-state index contributed by atoms with van der Waals surface area (Å²) in [6.45, 7) is 0. The minimum absolute atomic E-state index is 0.400. The summed E-state index contributed by atoms with van der Waals surface area (Å²) in [4.78, 5) is 0. The van der Waals surface area contributed by atoms with Crippen LogP contribution >= 0.6 is 0 Å². The second-order valence-electron chi connectivity index (χ2n) is 12.0. The Morgan fingerprint density at radius 2 is 0.870 bits per heavy atom. The van der Waals surface area contributed by atoms with E-state index in [1.165, 1.54) is 0 Å². The molecule has 0 atom stereocenters. The number of furan rings is 2. The quantitative estimate of drug-likeness (QED) is 0.170. The van der Waals surface area contributed by atoms with Crippen molar-refractivity contribution in [2.45, 2.75) is 0 Å². The van der Waals surface area contributed by atoms with E-state index < -0.39 is 302 Å². The third-order valence-electron chi connectivity index (χ3n) is 9.26. The molecule has 0 aliphatic carbocycles. The van der Waals surface area contributed by atoms with Crippen molar-refractivity contribution in [1.29, 1.82) is 0 Å². The van der Waals surface area contributed by atoms with Gasteiger partial charge in [0.05, 0.1) is 41.1 Å². The zero-order chi connectivity index (χ0) is 61.4. The normalized spacial score (nSPS) is 19.9. The first kappa shape index (κ1) is 12.8. The lowest BCUT2D eigenvalue weighted by atomic mass is 9.84. The van der Waals surface area contributed by atoms with Crippen molar-refractivity contribution >= 4 is 87.0 Å². The van der Waals surface area contributed by atoms with Crippen molar-refractivity contribution in [1.82, 2.24) is 0 Å². The number of fused-ring (bicyclic) bond motifs is 12. The Morgan fingerprint density at radius 3 is 1.61 bits per heavy atom. The summed E-state index contributed by atoms with van der Waals surface area (Å²) < 4.78 is 286. The van der Waals surface area contributed by atoms with Gasteiger partial charge in [0, 0.05) is 27.1 Å². The van der Waals surface area contributed by atoms with Crippen LogP contribution in [0, 0.1) is 0 Å². The first-order chi connectivity index (χ1) is 39.3. The van der Waals surface area contributed by atoms with Crippen LogP contribution in [0.5, 0.6) is 0 Å². The fourth-order valence-electron chi connectivity index (χ4n) is 7.04. The Kier molecular flexibility index (Phi) is 2.64. The molecule has 0 unspecified atom stereocenters. The van der Waals surface area contributed by atoms with E-state index in [9.17, 15) is 15.1 Å². The lowest BCUT2D eigenvalue weighted by Crippen LogP contribution is -1.92. The van der Waals surface area contributed by atoms with Gasteiger partial charge in [0.1, 0.15) is 22.3 Å². The predicted molar refractivity (Wildman–Crippen MR) is 227 cm³/mol. The van der Waals surface area contributed by atoms with E-state index in [1.54, 1.807) is 0 Å². The van der Waals surface area contributed by atoms with E-state index in [2.05, 4.69) is 0 Å². The minimum atomic E-state index is -1.12. The molecule has 12 aromatic rings. The summed E-state index contributed by atoms with van der Waals surface area (Å²) in [6, 6.07) is -27.8. The molecule has 2 aromatic heterocycles.